The normalized spacial score (nSPS) is 26.4. The number of hydrogen-bond acceptors (Lipinski definition) is 8. The fourth-order valence-electron chi connectivity index (χ4n) is 3.70. The summed E-state index contributed by atoms with van der Waals surface area (Å²) in [6.07, 6.45) is -5.72. The second-order valence-electron chi connectivity index (χ2n) is 7.51. The van der Waals surface area contributed by atoms with E-state index in [0.29, 0.717) is 17.5 Å². The Morgan fingerprint density at radius 2 is 1.81 bits per heavy atom. The summed E-state index contributed by atoms with van der Waals surface area (Å²) in [6.45, 7) is 1.35. The van der Waals surface area contributed by atoms with Crippen LogP contribution in [0.2, 0.25) is 0 Å². The fourth-order valence-corrected chi connectivity index (χ4v) is 3.70. The van der Waals surface area contributed by atoms with Crippen LogP contribution in [0.25, 0.3) is 0 Å². The molecule has 0 aromatic heterocycles. The van der Waals surface area contributed by atoms with E-state index in [-0.39, 0.29) is 0 Å². The maximum Gasteiger partial charge on any atom is 0.113 e. The molecule has 1 saturated heterocycles. The quantitative estimate of drug-likeness (QED) is 0.400. The van der Waals surface area contributed by atoms with E-state index in [9.17, 15) is 25.7 Å². The van der Waals surface area contributed by atoms with Crippen molar-refractivity contribution in [2.75, 3.05) is 13.7 Å². The molecule has 0 aliphatic carbocycles. The third-order valence-electron chi connectivity index (χ3n) is 5.47. The highest BCUT2D eigenvalue weighted by molar-refractivity contribution is 5.98. The SMILES string of the molecule is CO/N=C(\C)c1ccc(Cc2cc([C@@H]3O[C@H](CO)[C@@H](O)[C@H](O)[C@H]3O)ccc2C#N)cc1. The van der Waals surface area contributed by atoms with Crippen molar-refractivity contribution in [3.8, 4) is 6.07 Å². The van der Waals surface area contributed by atoms with Crippen molar-refractivity contribution < 1.29 is 30.0 Å². The lowest BCUT2D eigenvalue weighted by Crippen LogP contribution is -2.55. The van der Waals surface area contributed by atoms with Gasteiger partial charge in [0.05, 0.1) is 24.0 Å². The second-order valence-corrected chi connectivity index (χ2v) is 7.51. The van der Waals surface area contributed by atoms with E-state index in [0.717, 1.165) is 22.4 Å². The molecule has 0 unspecified atom stereocenters. The molecule has 0 saturated carbocycles. The van der Waals surface area contributed by atoms with Gasteiger partial charge in [-0.25, -0.2) is 0 Å². The van der Waals surface area contributed by atoms with E-state index in [1.807, 2.05) is 31.2 Å². The monoisotopic (exact) mass is 426 g/mol. The lowest BCUT2D eigenvalue weighted by molar-refractivity contribution is -0.231. The van der Waals surface area contributed by atoms with Gasteiger partial charge in [0.15, 0.2) is 0 Å². The number of benzene rings is 2. The van der Waals surface area contributed by atoms with Gasteiger partial charge >= 0.3 is 0 Å². The maximum absolute atomic E-state index is 10.4. The summed E-state index contributed by atoms with van der Waals surface area (Å²) in [4.78, 5) is 4.79. The number of rotatable bonds is 6. The lowest BCUT2D eigenvalue weighted by atomic mass is 9.89. The van der Waals surface area contributed by atoms with Gasteiger partial charge in [-0.15, -0.1) is 0 Å². The molecule has 4 N–H and O–H groups in total. The van der Waals surface area contributed by atoms with E-state index >= 15 is 0 Å². The third-order valence-corrected chi connectivity index (χ3v) is 5.47. The Labute approximate surface area is 180 Å². The third kappa shape index (κ3) is 4.93. The molecule has 1 heterocycles. The molecule has 2 aromatic rings. The van der Waals surface area contributed by atoms with Crippen LogP contribution in [0.15, 0.2) is 47.6 Å². The van der Waals surface area contributed by atoms with Crippen LogP contribution in [0.4, 0.5) is 0 Å². The smallest absolute Gasteiger partial charge is 0.113 e. The molecule has 8 heteroatoms. The van der Waals surface area contributed by atoms with E-state index in [1.165, 1.54) is 7.11 Å². The standard InChI is InChI=1S/C23H26N2O6/c1-13(25-30-2)15-5-3-14(4-6-15)9-18-10-16(7-8-17(18)11-24)23-22(29)21(28)20(27)19(12-26)31-23/h3-8,10,19-23,26-29H,9,12H2,1-2H3/b25-13+/t19-,20-,21+,22-,23+/m1/s1. The Hall–Kier alpha value is -2.80. The second kappa shape index (κ2) is 10.0. The largest absolute Gasteiger partial charge is 0.399 e. The van der Waals surface area contributed by atoms with Gasteiger partial charge in [0.2, 0.25) is 0 Å². The zero-order valence-corrected chi connectivity index (χ0v) is 17.3. The topological polar surface area (TPSA) is 136 Å². The molecule has 2 aromatic carbocycles. The highest BCUT2D eigenvalue weighted by Gasteiger charge is 2.44. The van der Waals surface area contributed by atoms with E-state index in [2.05, 4.69) is 11.2 Å². The molecular weight excluding hydrogens is 400 g/mol. The molecule has 164 valence electrons. The molecule has 0 amide bonds. The minimum absolute atomic E-state index is 0.467. The summed E-state index contributed by atoms with van der Waals surface area (Å²) in [5, 5.41) is 53.3. The van der Waals surface area contributed by atoms with Crippen LogP contribution in [-0.2, 0) is 16.0 Å². The van der Waals surface area contributed by atoms with Crippen molar-refractivity contribution >= 4 is 5.71 Å². The summed E-state index contributed by atoms with van der Waals surface area (Å²) < 4.78 is 5.64. The molecule has 3 rings (SSSR count). The lowest BCUT2D eigenvalue weighted by Gasteiger charge is -2.40. The molecule has 0 bridgehead atoms. The van der Waals surface area contributed by atoms with E-state index in [4.69, 9.17) is 9.57 Å². The summed E-state index contributed by atoms with van der Waals surface area (Å²) >= 11 is 0. The highest BCUT2D eigenvalue weighted by atomic mass is 16.6. The van der Waals surface area contributed by atoms with Crippen LogP contribution in [0, 0.1) is 11.3 Å². The molecular formula is C23H26N2O6. The van der Waals surface area contributed by atoms with Gasteiger partial charge in [-0.05, 0) is 41.7 Å². The van der Waals surface area contributed by atoms with E-state index < -0.39 is 37.1 Å². The number of nitrogens with zero attached hydrogens (tertiary/aromatic N) is 2. The Morgan fingerprint density at radius 1 is 1.10 bits per heavy atom. The zero-order chi connectivity index (χ0) is 22.5. The molecule has 1 aliphatic heterocycles. The molecule has 0 spiro atoms. The van der Waals surface area contributed by atoms with Crippen LogP contribution in [0.5, 0.6) is 0 Å². The maximum atomic E-state index is 10.4. The van der Waals surface area contributed by atoms with Gasteiger partial charge in [-0.2, -0.15) is 5.26 Å². The first-order valence-corrected chi connectivity index (χ1v) is 9.90. The predicted molar refractivity (Wildman–Crippen MR) is 112 cm³/mol. The van der Waals surface area contributed by atoms with Gasteiger partial charge < -0.3 is 30.0 Å². The fraction of sp³-hybridized carbons (Fsp3) is 0.391. The molecule has 0 radical (unpaired) electrons. The summed E-state index contributed by atoms with van der Waals surface area (Å²) in [5.74, 6) is 0. The number of hydrogen-bond donors (Lipinski definition) is 4. The van der Waals surface area contributed by atoms with Gasteiger partial charge in [-0.1, -0.05) is 41.6 Å². The highest BCUT2D eigenvalue weighted by Crippen LogP contribution is 2.33. The van der Waals surface area contributed by atoms with Crippen LogP contribution in [-0.4, -0.2) is 64.3 Å². The Balaban J connectivity index is 1.88. The minimum atomic E-state index is -1.46. The van der Waals surface area contributed by atoms with Crippen molar-refractivity contribution in [3.05, 3.63) is 70.3 Å². The van der Waals surface area contributed by atoms with Crippen LogP contribution in [0.1, 0.15) is 40.8 Å². The average Bonchev–Trinajstić information content (AvgIpc) is 2.78. The molecule has 1 fully saturated rings. The summed E-state index contributed by atoms with van der Waals surface area (Å²) in [6, 6.07) is 14.9. The van der Waals surface area contributed by atoms with Gasteiger partial charge in [0, 0.05) is 0 Å². The van der Waals surface area contributed by atoms with Crippen LogP contribution < -0.4 is 0 Å². The van der Waals surface area contributed by atoms with E-state index in [1.54, 1.807) is 18.2 Å². The molecule has 31 heavy (non-hydrogen) atoms. The van der Waals surface area contributed by atoms with Gasteiger partial charge in [0.1, 0.15) is 37.6 Å². The first kappa shape index (κ1) is 22.9. The zero-order valence-electron chi connectivity index (χ0n) is 17.3. The molecule has 5 atom stereocenters. The molecule has 1 aliphatic rings. The van der Waals surface area contributed by atoms with Crippen LogP contribution in [0.3, 0.4) is 0 Å². The minimum Gasteiger partial charge on any atom is -0.399 e. The summed E-state index contributed by atoms with van der Waals surface area (Å²) in [7, 11) is 1.49. The van der Waals surface area contributed by atoms with Crippen molar-refractivity contribution in [3.63, 3.8) is 0 Å². The van der Waals surface area contributed by atoms with Crippen molar-refractivity contribution in [2.45, 2.75) is 43.9 Å². The van der Waals surface area contributed by atoms with Crippen LogP contribution >= 0.6 is 0 Å². The number of oxime groups is 1. The Morgan fingerprint density at radius 3 is 2.42 bits per heavy atom. The number of aliphatic hydroxyl groups excluding tert-OH is 4. The molecule has 8 nitrogen and oxygen atoms in total. The van der Waals surface area contributed by atoms with Gasteiger partial charge in [-0.3, -0.25) is 0 Å². The first-order chi connectivity index (χ1) is 14.9. The number of aliphatic hydroxyl groups is 4. The predicted octanol–water partition coefficient (Wildman–Crippen LogP) is 1.03. The number of nitriles is 1. The first-order valence-electron chi connectivity index (χ1n) is 9.90. The average molecular weight is 426 g/mol. The van der Waals surface area contributed by atoms with Gasteiger partial charge in [0.25, 0.3) is 0 Å². The summed E-state index contributed by atoms with van der Waals surface area (Å²) in [5.41, 5.74) is 4.39. The van der Waals surface area contributed by atoms with Crippen molar-refractivity contribution in [1.29, 1.82) is 5.26 Å². The Bertz CT molecular complexity index is 967. The van der Waals surface area contributed by atoms with Crippen molar-refractivity contribution in [2.24, 2.45) is 5.16 Å². The van der Waals surface area contributed by atoms with Crippen molar-refractivity contribution in [1.82, 2.24) is 0 Å². The number of ether oxygens (including phenoxy) is 1. The Kier molecular flexibility index (Phi) is 7.38.